The molecule has 4 nitrogen and oxygen atoms in total. The van der Waals surface area contributed by atoms with E-state index < -0.39 is 5.97 Å². The van der Waals surface area contributed by atoms with Gasteiger partial charge in [-0.3, -0.25) is 4.90 Å². The summed E-state index contributed by atoms with van der Waals surface area (Å²) >= 11 is 0. The molecular weight excluding hydrogens is 206 g/mol. The zero-order chi connectivity index (χ0) is 12.6. The molecule has 1 N–H and O–H groups in total. The Morgan fingerprint density at radius 2 is 2.19 bits per heavy atom. The minimum absolute atomic E-state index is 0.394. The molecule has 0 saturated heterocycles. The number of aliphatic carboxylic acids is 1. The average molecular weight is 229 g/mol. The van der Waals surface area contributed by atoms with Crippen LogP contribution in [0.1, 0.15) is 27.2 Å². The summed E-state index contributed by atoms with van der Waals surface area (Å²) in [6.07, 6.45) is 2.80. The normalized spacial score (nSPS) is 14.2. The molecule has 94 valence electrons. The van der Waals surface area contributed by atoms with Crippen molar-refractivity contribution >= 4 is 5.97 Å². The van der Waals surface area contributed by atoms with Gasteiger partial charge in [0.15, 0.2) is 0 Å². The summed E-state index contributed by atoms with van der Waals surface area (Å²) in [5.74, 6) is -0.851. The smallest absolute Gasteiger partial charge is 0.330 e. The van der Waals surface area contributed by atoms with Crippen molar-refractivity contribution in [3.05, 3.63) is 11.6 Å². The first kappa shape index (κ1) is 15.1. The van der Waals surface area contributed by atoms with Crippen molar-refractivity contribution in [3.8, 4) is 0 Å². The van der Waals surface area contributed by atoms with Crippen molar-refractivity contribution in [2.45, 2.75) is 33.2 Å². The van der Waals surface area contributed by atoms with Gasteiger partial charge in [0.25, 0.3) is 0 Å². The number of rotatable bonds is 8. The zero-order valence-corrected chi connectivity index (χ0v) is 10.7. The lowest BCUT2D eigenvalue weighted by Gasteiger charge is -2.26. The van der Waals surface area contributed by atoms with Crippen molar-refractivity contribution in [2.75, 3.05) is 26.8 Å². The van der Waals surface area contributed by atoms with Gasteiger partial charge in [0.1, 0.15) is 0 Å². The average Bonchev–Trinajstić information content (AvgIpc) is 2.27. The van der Waals surface area contributed by atoms with Crippen LogP contribution >= 0.6 is 0 Å². The first-order valence-electron chi connectivity index (χ1n) is 5.65. The van der Waals surface area contributed by atoms with Crippen LogP contribution in [0.25, 0.3) is 0 Å². The van der Waals surface area contributed by atoms with Crippen LogP contribution in [0.3, 0.4) is 0 Å². The Balaban J connectivity index is 4.30. The molecule has 0 aliphatic carbocycles. The molecule has 4 heteroatoms. The molecule has 0 aromatic rings. The summed E-state index contributed by atoms with van der Waals surface area (Å²) in [6.45, 7) is 8.04. The molecular formula is C12H23NO3. The van der Waals surface area contributed by atoms with Crippen LogP contribution in [-0.2, 0) is 9.53 Å². The number of carboxylic acid groups (broad SMARTS) is 1. The van der Waals surface area contributed by atoms with Crippen LogP contribution < -0.4 is 0 Å². The van der Waals surface area contributed by atoms with Gasteiger partial charge in [-0.05, 0) is 20.3 Å². The molecule has 1 unspecified atom stereocenters. The fourth-order valence-corrected chi connectivity index (χ4v) is 1.30. The highest BCUT2D eigenvalue weighted by Crippen LogP contribution is 2.04. The highest BCUT2D eigenvalue weighted by atomic mass is 16.5. The molecule has 0 radical (unpaired) electrons. The summed E-state index contributed by atoms with van der Waals surface area (Å²) < 4.78 is 5.04. The maximum absolute atomic E-state index is 10.7. The van der Waals surface area contributed by atoms with Gasteiger partial charge in [0, 0.05) is 31.8 Å². The van der Waals surface area contributed by atoms with E-state index >= 15 is 0 Å². The molecule has 0 saturated carbocycles. The molecule has 0 aliphatic heterocycles. The third-order valence-corrected chi connectivity index (χ3v) is 2.77. The summed E-state index contributed by atoms with van der Waals surface area (Å²) in [4.78, 5) is 12.9. The van der Waals surface area contributed by atoms with E-state index in [1.54, 1.807) is 20.1 Å². The molecule has 0 amide bonds. The van der Waals surface area contributed by atoms with Crippen LogP contribution in [-0.4, -0.2) is 48.8 Å². The molecule has 0 spiro atoms. The van der Waals surface area contributed by atoms with Crippen molar-refractivity contribution in [3.63, 3.8) is 0 Å². The number of carbonyl (C=O) groups is 1. The third-order valence-electron chi connectivity index (χ3n) is 2.77. The Labute approximate surface area is 97.9 Å². The first-order valence-corrected chi connectivity index (χ1v) is 5.65. The quantitative estimate of drug-likeness (QED) is 0.644. The number of hydrogen-bond donors (Lipinski definition) is 1. The summed E-state index contributed by atoms with van der Waals surface area (Å²) in [5.41, 5.74) is 0.394. The first-order chi connectivity index (χ1) is 7.52. The minimum atomic E-state index is -0.851. The van der Waals surface area contributed by atoms with Gasteiger partial charge in [-0.2, -0.15) is 0 Å². The second-order valence-corrected chi connectivity index (χ2v) is 3.94. The molecule has 0 aromatic carbocycles. The Morgan fingerprint density at radius 3 is 2.62 bits per heavy atom. The second kappa shape index (κ2) is 8.30. The molecule has 0 heterocycles. The van der Waals surface area contributed by atoms with E-state index in [2.05, 4.69) is 18.7 Å². The SMILES string of the molecule is CCC(C)N(CC=C(C)C(=O)O)CCOC. The maximum Gasteiger partial charge on any atom is 0.330 e. The fourth-order valence-electron chi connectivity index (χ4n) is 1.30. The molecule has 0 fully saturated rings. The lowest BCUT2D eigenvalue weighted by atomic mass is 10.2. The monoisotopic (exact) mass is 229 g/mol. The van der Waals surface area contributed by atoms with Crippen LogP contribution in [0.5, 0.6) is 0 Å². The zero-order valence-electron chi connectivity index (χ0n) is 10.7. The number of hydrogen-bond acceptors (Lipinski definition) is 3. The van der Waals surface area contributed by atoms with Gasteiger partial charge >= 0.3 is 5.97 Å². The van der Waals surface area contributed by atoms with E-state index in [0.29, 0.717) is 24.8 Å². The maximum atomic E-state index is 10.7. The van der Waals surface area contributed by atoms with Crippen LogP contribution in [0.2, 0.25) is 0 Å². The molecule has 0 aromatic heterocycles. The molecule has 16 heavy (non-hydrogen) atoms. The van der Waals surface area contributed by atoms with Gasteiger partial charge in [-0.15, -0.1) is 0 Å². The summed E-state index contributed by atoms with van der Waals surface area (Å²) in [6, 6.07) is 0.438. The van der Waals surface area contributed by atoms with E-state index in [9.17, 15) is 4.79 Å². The third kappa shape index (κ3) is 5.88. The molecule has 0 bridgehead atoms. The van der Waals surface area contributed by atoms with Crippen LogP contribution in [0, 0.1) is 0 Å². The Hall–Kier alpha value is -0.870. The van der Waals surface area contributed by atoms with Crippen molar-refractivity contribution < 1.29 is 14.6 Å². The van der Waals surface area contributed by atoms with E-state index in [1.807, 2.05) is 0 Å². The minimum Gasteiger partial charge on any atom is -0.478 e. The standard InChI is InChI=1S/C12H23NO3/c1-5-11(3)13(8-9-16-4)7-6-10(2)12(14)15/h6,11H,5,7-9H2,1-4H3,(H,14,15). The molecule has 1 atom stereocenters. The van der Waals surface area contributed by atoms with Crippen molar-refractivity contribution in [1.29, 1.82) is 0 Å². The van der Waals surface area contributed by atoms with Gasteiger partial charge in [-0.1, -0.05) is 13.0 Å². The topological polar surface area (TPSA) is 49.8 Å². The van der Waals surface area contributed by atoms with Gasteiger partial charge in [-0.25, -0.2) is 4.79 Å². The Bertz CT molecular complexity index is 238. The highest BCUT2D eigenvalue weighted by Gasteiger charge is 2.10. The number of carboxylic acids is 1. The Kier molecular flexibility index (Phi) is 7.85. The van der Waals surface area contributed by atoms with E-state index in [-0.39, 0.29) is 0 Å². The lowest BCUT2D eigenvalue weighted by Crippen LogP contribution is -2.35. The van der Waals surface area contributed by atoms with Crippen LogP contribution in [0.15, 0.2) is 11.6 Å². The van der Waals surface area contributed by atoms with Crippen LogP contribution in [0.4, 0.5) is 0 Å². The van der Waals surface area contributed by atoms with Crippen molar-refractivity contribution in [2.24, 2.45) is 0 Å². The number of ether oxygens (including phenoxy) is 1. The molecule has 0 rings (SSSR count). The van der Waals surface area contributed by atoms with Gasteiger partial charge < -0.3 is 9.84 Å². The van der Waals surface area contributed by atoms with Gasteiger partial charge in [0.2, 0.25) is 0 Å². The number of nitrogens with zero attached hydrogens (tertiary/aromatic N) is 1. The predicted molar refractivity (Wildman–Crippen MR) is 64.6 cm³/mol. The summed E-state index contributed by atoms with van der Waals surface area (Å²) in [7, 11) is 1.67. The van der Waals surface area contributed by atoms with E-state index in [1.165, 1.54) is 0 Å². The van der Waals surface area contributed by atoms with Crippen molar-refractivity contribution in [1.82, 2.24) is 4.90 Å². The largest absolute Gasteiger partial charge is 0.478 e. The van der Waals surface area contributed by atoms with E-state index in [4.69, 9.17) is 9.84 Å². The predicted octanol–water partition coefficient (Wildman–Crippen LogP) is 1.76. The van der Waals surface area contributed by atoms with Gasteiger partial charge in [0.05, 0.1) is 6.61 Å². The number of methoxy groups -OCH3 is 1. The second-order valence-electron chi connectivity index (χ2n) is 3.94. The fraction of sp³-hybridized carbons (Fsp3) is 0.750. The Morgan fingerprint density at radius 1 is 1.56 bits per heavy atom. The summed E-state index contributed by atoms with van der Waals surface area (Å²) in [5, 5.41) is 8.76. The lowest BCUT2D eigenvalue weighted by molar-refractivity contribution is -0.132. The molecule has 0 aliphatic rings. The highest BCUT2D eigenvalue weighted by molar-refractivity contribution is 5.85. The van der Waals surface area contributed by atoms with E-state index in [0.717, 1.165) is 13.0 Å².